The third-order valence-corrected chi connectivity index (χ3v) is 4.29. The number of ether oxygens (including phenoxy) is 1. The lowest BCUT2D eigenvalue weighted by Crippen LogP contribution is -2.27. The normalized spacial score (nSPS) is 22.6. The second-order valence-electron chi connectivity index (χ2n) is 5.95. The molecule has 2 rings (SSSR count). The van der Waals surface area contributed by atoms with Gasteiger partial charge in [0.05, 0.1) is 12.0 Å². The largest absolute Gasteiger partial charge is 0.490 e. The van der Waals surface area contributed by atoms with Crippen molar-refractivity contribution in [2.45, 2.75) is 51.6 Å². The van der Waals surface area contributed by atoms with E-state index in [2.05, 4.69) is 12.2 Å². The van der Waals surface area contributed by atoms with Crippen LogP contribution in [0.5, 0.6) is 5.75 Å². The van der Waals surface area contributed by atoms with E-state index in [1.54, 1.807) is 12.1 Å². The number of hydrogen-bond acceptors (Lipinski definition) is 4. The molecular formula is C16H24N2O3. The van der Waals surface area contributed by atoms with Crippen LogP contribution in [-0.2, 0) is 6.54 Å². The molecule has 0 heterocycles. The highest BCUT2D eigenvalue weighted by Crippen LogP contribution is 2.28. The van der Waals surface area contributed by atoms with Gasteiger partial charge in [-0.15, -0.1) is 0 Å². The molecule has 0 bridgehead atoms. The van der Waals surface area contributed by atoms with Crippen LogP contribution in [0.15, 0.2) is 18.2 Å². The average Bonchev–Trinajstić information content (AvgIpc) is 2.69. The van der Waals surface area contributed by atoms with E-state index >= 15 is 0 Å². The van der Waals surface area contributed by atoms with E-state index in [-0.39, 0.29) is 5.69 Å². The lowest BCUT2D eigenvalue weighted by molar-refractivity contribution is -0.385. The van der Waals surface area contributed by atoms with Gasteiger partial charge in [0.1, 0.15) is 0 Å². The minimum absolute atomic E-state index is 0.0336. The Morgan fingerprint density at radius 2 is 2.14 bits per heavy atom. The molecule has 1 N–H and O–H groups in total. The Bertz CT molecular complexity index is 490. The Kier molecular flexibility index (Phi) is 5.56. The van der Waals surface area contributed by atoms with Crippen LogP contribution in [0.25, 0.3) is 0 Å². The third-order valence-electron chi connectivity index (χ3n) is 4.29. The predicted molar refractivity (Wildman–Crippen MR) is 82.5 cm³/mol. The van der Waals surface area contributed by atoms with E-state index in [1.165, 1.54) is 39.2 Å². The summed E-state index contributed by atoms with van der Waals surface area (Å²) in [5.74, 6) is 1.13. The minimum Gasteiger partial charge on any atom is -0.490 e. The summed E-state index contributed by atoms with van der Waals surface area (Å²) in [6, 6.07) is 5.68. The number of benzene rings is 1. The summed E-state index contributed by atoms with van der Waals surface area (Å²) < 4.78 is 5.02. The van der Waals surface area contributed by atoms with E-state index in [9.17, 15) is 10.1 Å². The molecule has 1 aromatic rings. The quantitative estimate of drug-likeness (QED) is 0.511. The second kappa shape index (κ2) is 7.41. The maximum Gasteiger partial charge on any atom is 0.311 e. The first-order chi connectivity index (χ1) is 10.1. The molecule has 1 fully saturated rings. The molecule has 0 amide bonds. The fourth-order valence-corrected chi connectivity index (χ4v) is 2.94. The van der Waals surface area contributed by atoms with Gasteiger partial charge in [0, 0.05) is 18.7 Å². The van der Waals surface area contributed by atoms with Gasteiger partial charge in [-0.1, -0.05) is 25.8 Å². The molecule has 5 heteroatoms. The topological polar surface area (TPSA) is 64.4 Å². The zero-order valence-electron chi connectivity index (χ0n) is 12.8. The highest BCUT2D eigenvalue weighted by Gasteiger charge is 2.17. The number of nitrogens with one attached hydrogen (secondary N) is 1. The fraction of sp³-hybridized carbons (Fsp3) is 0.625. The Morgan fingerprint density at radius 1 is 1.33 bits per heavy atom. The summed E-state index contributed by atoms with van der Waals surface area (Å²) in [5, 5.41) is 14.6. The molecule has 0 radical (unpaired) electrons. The summed E-state index contributed by atoms with van der Waals surface area (Å²) in [7, 11) is 1.45. The van der Waals surface area contributed by atoms with E-state index < -0.39 is 4.92 Å². The molecule has 0 aliphatic heterocycles. The van der Waals surface area contributed by atoms with E-state index in [4.69, 9.17) is 4.74 Å². The predicted octanol–water partition coefficient (Wildman–Crippen LogP) is 3.66. The van der Waals surface area contributed by atoms with Crippen molar-refractivity contribution >= 4 is 5.69 Å². The Balaban J connectivity index is 1.96. The molecule has 1 aliphatic carbocycles. The molecule has 1 aliphatic rings. The molecule has 2 atom stereocenters. The van der Waals surface area contributed by atoms with E-state index in [0.717, 1.165) is 11.5 Å². The molecular weight excluding hydrogens is 268 g/mol. The SMILES string of the molecule is COc1ccc(CNC2CCCC(C)CC2)cc1[N+](=O)[O-]. The van der Waals surface area contributed by atoms with Crippen molar-refractivity contribution in [2.75, 3.05) is 7.11 Å². The lowest BCUT2D eigenvalue weighted by atomic mass is 10.0. The van der Waals surface area contributed by atoms with Gasteiger partial charge in [-0.25, -0.2) is 0 Å². The van der Waals surface area contributed by atoms with Crippen LogP contribution < -0.4 is 10.1 Å². The van der Waals surface area contributed by atoms with Crippen LogP contribution in [0.3, 0.4) is 0 Å². The lowest BCUT2D eigenvalue weighted by Gasteiger charge is -2.16. The van der Waals surface area contributed by atoms with Crippen molar-refractivity contribution < 1.29 is 9.66 Å². The Morgan fingerprint density at radius 3 is 2.86 bits per heavy atom. The van der Waals surface area contributed by atoms with E-state index in [1.807, 2.05) is 6.07 Å². The summed E-state index contributed by atoms with van der Waals surface area (Å²) >= 11 is 0. The van der Waals surface area contributed by atoms with Crippen LogP contribution in [0.2, 0.25) is 0 Å². The molecule has 2 unspecified atom stereocenters. The van der Waals surface area contributed by atoms with Gasteiger partial charge in [0.15, 0.2) is 5.75 Å². The van der Waals surface area contributed by atoms with Crippen molar-refractivity contribution in [3.8, 4) is 5.75 Å². The highest BCUT2D eigenvalue weighted by atomic mass is 16.6. The van der Waals surface area contributed by atoms with Crippen molar-refractivity contribution in [3.05, 3.63) is 33.9 Å². The van der Waals surface area contributed by atoms with Gasteiger partial charge in [0.2, 0.25) is 0 Å². The number of nitro benzene ring substituents is 1. The number of hydrogen-bond donors (Lipinski definition) is 1. The summed E-state index contributed by atoms with van der Waals surface area (Å²) in [5.41, 5.74) is 0.964. The van der Waals surface area contributed by atoms with Gasteiger partial charge in [-0.3, -0.25) is 10.1 Å². The molecule has 0 spiro atoms. The summed E-state index contributed by atoms with van der Waals surface area (Å²) in [6.07, 6.45) is 6.23. The molecule has 116 valence electrons. The first-order valence-corrected chi connectivity index (χ1v) is 7.65. The number of nitro groups is 1. The highest BCUT2D eigenvalue weighted by molar-refractivity contribution is 5.48. The van der Waals surface area contributed by atoms with Gasteiger partial charge in [-0.05, 0) is 36.8 Å². The first-order valence-electron chi connectivity index (χ1n) is 7.65. The Labute approximate surface area is 125 Å². The molecule has 1 aromatic carbocycles. The van der Waals surface area contributed by atoms with Crippen molar-refractivity contribution in [1.82, 2.24) is 5.32 Å². The fourth-order valence-electron chi connectivity index (χ4n) is 2.94. The van der Waals surface area contributed by atoms with Gasteiger partial charge in [0.25, 0.3) is 0 Å². The van der Waals surface area contributed by atoms with Crippen molar-refractivity contribution in [1.29, 1.82) is 0 Å². The average molecular weight is 292 g/mol. The number of methoxy groups -OCH3 is 1. The molecule has 21 heavy (non-hydrogen) atoms. The van der Waals surface area contributed by atoms with Gasteiger partial charge < -0.3 is 10.1 Å². The monoisotopic (exact) mass is 292 g/mol. The van der Waals surface area contributed by atoms with Gasteiger partial charge >= 0.3 is 5.69 Å². The third kappa shape index (κ3) is 4.43. The number of nitrogens with zero attached hydrogens (tertiary/aromatic N) is 1. The zero-order chi connectivity index (χ0) is 15.2. The van der Waals surface area contributed by atoms with Crippen LogP contribution in [0.1, 0.15) is 44.6 Å². The molecule has 1 saturated carbocycles. The number of rotatable bonds is 5. The van der Waals surface area contributed by atoms with Crippen LogP contribution in [-0.4, -0.2) is 18.1 Å². The maximum absolute atomic E-state index is 11.0. The molecule has 0 aromatic heterocycles. The Hall–Kier alpha value is -1.62. The summed E-state index contributed by atoms with van der Waals surface area (Å²) in [6.45, 7) is 2.99. The smallest absolute Gasteiger partial charge is 0.311 e. The molecule has 0 saturated heterocycles. The second-order valence-corrected chi connectivity index (χ2v) is 5.95. The summed E-state index contributed by atoms with van der Waals surface area (Å²) in [4.78, 5) is 10.6. The van der Waals surface area contributed by atoms with Gasteiger partial charge in [-0.2, -0.15) is 0 Å². The van der Waals surface area contributed by atoms with E-state index in [0.29, 0.717) is 18.3 Å². The first kappa shape index (κ1) is 15.8. The van der Waals surface area contributed by atoms with Crippen molar-refractivity contribution in [2.24, 2.45) is 5.92 Å². The van der Waals surface area contributed by atoms with Crippen LogP contribution in [0, 0.1) is 16.0 Å². The standard InChI is InChI=1S/C16H24N2O3/c1-12-4-3-5-14(8-6-12)17-11-13-7-9-16(21-2)15(10-13)18(19)20/h7,9-10,12,14,17H,3-6,8,11H2,1-2H3. The van der Waals surface area contributed by atoms with Crippen molar-refractivity contribution in [3.63, 3.8) is 0 Å². The molecule has 5 nitrogen and oxygen atoms in total. The minimum atomic E-state index is -0.393. The maximum atomic E-state index is 11.0. The zero-order valence-corrected chi connectivity index (χ0v) is 12.8. The van der Waals surface area contributed by atoms with Crippen LogP contribution >= 0.6 is 0 Å². The van der Waals surface area contributed by atoms with Crippen LogP contribution in [0.4, 0.5) is 5.69 Å².